The number of hydrogen-bond acceptors (Lipinski definition) is 4. The van der Waals surface area contributed by atoms with Crippen molar-refractivity contribution in [3.8, 4) is 11.5 Å². The van der Waals surface area contributed by atoms with Crippen LogP contribution in [0.15, 0.2) is 47.0 Å². The number of aryl methyl sites for hydroxylation is 1. The molecule has 2 heterocycles. The fourth-order valence-electron chi connectivity index (χ4n) is 3.18. The van der Waals surface area contributed by atoms with Crippen LogP contribution in [0, 0.1) is 5.82 Å². The molecule has 4 rings (SSSR count). The van der Waals surface area contributed by atoms with Crippen LogP contribution >= 0.6 is 11.6 Å². The maximum absolute atomic E-state index is 13.4. The molecule has 0 aliphatic carbocycles. The molecular formula is C20H17ClFN3O2. The van der Waals surface area contributed by atoms with Gasteiger partial charge in [-0.05, 0) is 42.3 Å². The third-order valence-corrected chi connectivity index (χ3v) is 5.05. The predicted molar refractivity (Wildman–Crippen MR) is 100 cm³/mol. The third kappa shape index (κ3) is 3.45. The van der Waals surface area contributed by atoms with E-state index in [9.17, 15) is 9.18 Å². The van der Waals surface area contributed by atoms with Crippen molar-refractivity contribution in [1.82, 2.24) is 10.1 Å². The summed E-state index contributed by atoms with van der Waals surface area (Å²) in [6, 6.07) is 12.2. The van der Waals surface area contributed by atoms with E-state index in [1.165, 1.54) is 17.7 Å². The molecule has 3 aromatic rings. The van der Waals surface area contributed by atoms with Crippen LogP contribution in [-0.2, 0) is 11.2 Å². The van der Waals surface area contributed by atoms with E-state index in [1.807, 2.05) is 24.3 Å². The van der Waals surface area contributed by atoms with E-state index in [-0.39, 0.29) is 23.3 Å². The van der Waals surface area contributed by atoms with Gasteiger partial charge in [0, 0.05) is 30.1 Å². The maximum Gasteiger partial charge on any atom is 0.257 e. The molecule has 1 atom stereocenters. The summed E-state index contributed by atoms with van der Waals surface area (Å²) in [6.45, 7) is 2.49. The molecule has 27 heavy (non-hydrogen) atoms. The topological polar surface area (TPSA) is 59.2 Å². The first-order valence-electron chi connectivity index (χ1n) is 8.73. The lowest BCUT2D eigenvalue weighted by Gasteiger charge is -2.16. The number of carbonyl (C=O) groups is 1. The number of carbonyl (C=O) groups excluding carboxylic acids is 1. The minimum Gasteiger partial charge on any atom is -0.334 e. The maximum atomic E-state index is 13.4. The van der Waals surface area contributed by atoms with Gasteiger partial charge < -0.3 is 9.42 Å². The Hall–Kier alpha value is -2.73. The van der Waals surface area contributed by atoms with Crippen LogP contribution in [0.25, 0.3) is 11.5 Å². The van der Waals surface area contributed by atoms with Crippen LogP contribution in [0.4, 0.5) is 10.1 Å². The van der Waals surface area contributed by atoms with Crippen molar-refractivity contribution in [2.75, 3.05) is 11.4 Å². The van der Waals surface area contributed by atoms with Gasteiger partial charge in [-0.2, -0.15) is 4.98 Å². The number of benzene rings is 2. The van der Waals surface area contributed by atoms with E-state index in [2.05, 4.69) is 17.1 Å². The highest BCUT2D eigenvalue weighted by atomic mass is 35.5. The summed E-state index contributed by atoms with van der Waals surface area (Å²) in [5, 5.41) is 4.05. The monoisotopic (exact) mass is 385 g/mol. The zero-order chi connectivity index (χ0) is 19.0. The highest BCUT2D eigenvalue weighted by Crippen LogP contribution is 2.33. The van der Waals surface area contributed by atoms with Gasteiger partial charge in [0.1, 0.15) is 5.82 Å². The SMILES string of the molecule is CCc1ccc(-c2nc(C3CC(=O)N(c4ccc(F)c(Cl)c4)C3)no2)cc1. The summed E-state index contributed by atoms with van der Waals surface area (Å²) in [4.78, 5) is 18.4. The smallest absolute Gasteiger partial charge is 0.257 e. The van der Waals surface area contributed by atoms with Crippen molar-refractivity contribution in [3.05, 3.63) is 64.7 Å². The fourth-order valence-corrected chi connectivity index (χ4v) is 3.36. The van der Waals surface area contributed by atoms with E-state index >= 15 is 0 Å². The first-order chi connectivity index (χ1) is 13.0. The zero-order valence-electron chi connectivity index (χ0n) is 14.7. The molecular weight excluding hydrogens is 369 g/mol. The molecule has 7 heteroatoms. The molecule has 1 amide bonds. The number of rotatable bonds is 4. The van der Waals surface area contributed by atoms with Gasteiger partial charge in [-0.1, -0.05) is 35.8 Å². The number of nitrogens with zero attached hydrogens (tertiary/aromatic N) is 3. The van der Waals surface area contributed by atoms with Crippen molar-refractivity contribution in [1.29, 1.82) is 0 Å². The molecule has 5 nitrogen and oxygen atoms in total. The number of hydrogen-bond donors (Lipinski definition) is 0. The van der Waals surface area contributed by atoms with Gasteiger partial charge in [-0.25, -0.2) is 4.39 Å². The average Bonchev–Trinajstić information content (AvgIpc) is 3.31. The average molecular weight is 386 g/mol. The highest BCUT2D eigenvalue weighted by Gasteiger charge is 2.34. The standard InChI is InChI=1S/C20H17ClFN3O2/c1-2-12-3-5-13(6-4-12)20-23-19(24-27-20)14-9-18(26)25(11-14)15-7-8-17(22)16(21)10-15/h3-8,10,14H,2,9,11H2,1H3. The second-order valence-corrected chi connectivity index (χ2v) is 6.92. The number of anilines is 1. The third-order valence-electron chi connectivity index (χ3n) is 4.76. The molecule has 1 aliphatic heterocycles. The number of amides is 1. The summed E-state index contributed by atoms with van der Waals surface area (Å²) in [7, 11) is 0. The Labute approximate surface area is 160 Å². The largest absolute Gasteiger partial charge is 0.334 e. The zero-order valence-corrected chi connectivity index (χ0v) is 15.4. The normalized spacial score (nSPS) is 16.9. The van der Waals surface area contributed by atoms with Gasteiger partial charge in [0.25, 0.3) is 5.89 Å². The summed E-state index contributed by atoms with van der Waals surface area (Å²) in [5.74, 6) is 0.146. The van der Waals surface area contributed by atoms with Crippen LogP contribution in [0.3, 0.4) is 0 Å². The Morgan fingerprint density at radius 1 is 1.26 bits per heavy atom. The fraction of sp³-hybridized carbons (Fsp3) is 0.250. The molecule has 138 valence electrons. The first kappa shape index (κ1) is 17.7. The van der Waals surface area contributed by atoms with Crippen LogP contribution in [0.5, 0.6) is 0 Å². The molecule has 1 unspecified atom stereocenters. The molecule has 0 spiro atoms. The lowest BCUT2D eigenvalue weighted by atomic mass is 10.1. The van der Waals surface area contributed by atoms with Gasteiger partial charge in [-0.15, -0.1) is 0 Å². The highest BCUT2D eigenvalue weighted by molar-refractivity contribution is 6.31. The van der Waals surface area contributed by atoms with Crippen molar-refractivity contribution in [2.45, 2.75) is 25.7 Å². The number of halogens is 2. The lowest BCUT2D eigenvalue weighted by Crippen LogP contribution is -2.24. The van der Waals surface area contributed by atoms with E-state index in [4.69, 9.17) is 16.1 Å². The van der Waals surface area contributed by atoms with Crippen molar-refractivity contribution >= 4 is 23.2 Å². The van der Waals surface area contributed by atoms with Gasteiger partial charge in [-0.3, -0.25) is 4.79 Å². The van der Waals surface area contributed by atoms with E-state index in [1.54, 1.807) is 11.0 Å². The van der Waals surface area contributed by atoms with E-state index < -0.39 is 5.82 Å². The second kappa shape index (κ2) is 7.12. The molecule has 0 radical (unpaired) electrons. The molecule has 0 saturated carbocycles. The molecule has 1 aliphatic rings. The summed E-state index contributed by atoms with van der Waals surface area (Å²) in [6.07, 6.45) is 1.23. The summed E-state index contributed by atoms with van der Waals surface area (Å²) >= 11 is 5.83. The van der Waals surface area contributed by atoms with Crippen LogP contribution in [-0.4, -0.2) is 22.6 Å². The Morgan fingerprint density at radius 3 is 2.74 bits per heavy atom. The predicted octanol–water partition coefficient (Wildman–Crippen LogP) is 4.61. The van der Waals surface area contributed by atoms with Gasteiger partial charge in [0.15, 0.2) is 5.82 Å². The molecule has 0 N–H and O–H groups in total. The van der Waals surface area contributed by atoms with Crippen LogP contribution in [0.1, 0.15) is 30.7 Å². The Morgan fingerprint density at radius 2 is 2.04 bits per heavy atom. The summed E-state index contributed by atoms with van der Waals surface area (Å²) < 4.78 is 18.8. The van der Waals surface area contributed by atoms with E-state index in [0.717, 1.165) is 12.0 Å². The minimum absolute atomic E-state index is 0.0128. The molecule has 0 bridgehead atoms. The first-order valence-corrected chi connectivity index (χ1v) is 9.11. The summed E-state index contributed by atoms with van der Waals surface area (Å²) in [5.41, 5.74) is 2.64. The molecule has 2 aromatic carbocycles. The van der Waals surface area contributed by atoms with E-state index in [0.29, 0.717) is 23.9 Å². The Balaban J connectivity index is 1.53. The second-order valence-electron chi connectivity index (χ2n) is 6.51. The van der Waals surface area contributed by atoms with Gasteiger partial charge >= 0.3 is 0 Å². The van der Waals surface area contributed by atoms with Gasteiger partial charge in [0.05, 0.1) is 5.02 Å². The molecule has 1 fully saturated rings. The lowest BCUT2D eigenvalue weighted by molar-refractivity contribution is -0.117. The van der Waals surface area contributed by atoms with Crippen molar-refractivity contribution in [3.63, 3.8) is 0 Å². The van der Waals surface area contributed by atoms with Crippen molar-refractivity contribution < 1.29 is 13.7 Å². The van der Waals surface area contributed by atoms with Gasteiger partial charge in [0.2, 0.25) is 5.91 Å². The Kier molecular flexibility index (Phi) is 4.66. The van der Waals surface area contributed by atoms with Crippen molar-refractivity contribution in [2.24, 2.45) is 0 Å². The minimum atomic E-state index is -0.513. The number of aromatic nitrogens is 2. The quantitative estimate of drug-likeness (QED) is 0.658. The molecule has 1 saturated heterocycles. The molecule has 1 aromatic heterocycles. The van der Waals surface area contributed by atoms with Crippen LogP contribution in [0.2, 0.25) is 5.02 Å². The van der Waals surface area contributed by atoms with Crippen LogP contribution < -0.4 is 4.90 Å². The Bertz CT molecular complexity index is 987.